The van der Waals surface area contributed by atoms with Crippen LogP contribution in [0.1, 0.15) is 12.0 Å². The molecule has 1 aliphatic heterocycles. The summed E-state index contributed by atoms with van der Waals surface area (Å²) in [6.07, 6.45) is -5.57. The standard InChI is InChI=1S/C13H11F3N2O6/c14-13(15,16)7-1-2-8(9(5-7)18(21)22)17-6-11(19)24-10-3-4-23-12(10)20/h1-2,5,10,17H,3-4,6H2/t10-/m0/s1. The van der Waals surface area contributed by atoms with Crippen LogP contribution in [0.4, 0.5) is 24.5 Å². The summed E-state index contributed by atoms with van der Waals surface area (Å²) in [5.74, 6) is -1.59. The largest absolute Gasteiger partial charge is 0.463 e. The number of benzene rings is 1. The van der Waals surface area contributed by atoms with Gasteiger partial charge < -0.3 is 14.8 Å². The second kappa shape index (κ2) is 6.72. The predicted octanol–water partition coefficient (Wildman–Crippen LogP) is 1.88. The van der Waals surface area contributed by atoms with Crippen molar-refractivity contribution in [2.24, 2.45) is 0 Å². The predicted molar refractivity (Wildman–Crippen MR) is 72.0 cm³/mol. The van der Waals surface area contributed by atoms with E-state index in [4.69, 9.17) is 4.74 Å². The first kappa shape index (κ1) is 17.5. The van der Waals surface area contributed by atoms with E-state index < -0.39 is 46.9 Å². The highest BCUT2D eigenvalue weighted by Gasteiger charge is 2.33. The van der Waals surface area contributed by atoms with Crippen LogP contribution in [0.2, 0.25) is 0 Å². The zero-order valence-electron chi connectivity index (χ0n) is 12.0. The summed E-state index contributed by atoms with van der Waals surface area (Å²) in [4.78, 5) is 32.6. The van der Waals surface area contributed by atoms with Gasteiger partial charge in [0.2, 0.25) is 6.10 Å². The van der Waals surface area contributed by atoms with Gasteiger partial charge >= 0.3 is 18.1 Å². The van der Waals surface area contributed by atoms with Crippen molar-refractivity contribution in [3.63, 3.8) is 0 Å². The van der Waals surface area contributed by atoms with Gasteiger partial charge in [-0.1, -0.05) is 0 Å². The molecule has 1 atom stereocenters. The number of hydrogen-bond donors (Lipinski definition) is 1. The third kappa shape index (κ3) is 4.12. The maximum absolute atomic E-state index is 12.6. The fraction of sp³-hybridized carbons (Fsp3) is 0.385. The summed E-state index contributed by atoms with van der Waals surface area (Å²) in [6.45, 7) is -0.440. The van der Waals surface area contributed by atoms with E-state index in [0.717, 1.165) is 6.07 Å². The molecule has 0 radical (unpaired) electrons. The van der Waals surface area contributed by atoms with Gasteiger partial charge in [-0.2, -0.15) is 13.2 Å². The summed E-state index contributed by atoms with van der Waals surface area (Å²) in [5, 5.41) is 13.2. The van der Waals surface area contributed by atoms with Crippen LogP contribution >= 0.6 is 0 Å². The van der Waals surface area contributed by atoms with Crippen molar-refractivity contribution in [2.45, 2.75) is 18.7 Å². The van der Waals surface area contributed by atoms with Crippen LogP contribution in [-0.2, 0) is 25.2 Å². The Hall–Kier alpha value is -2.85. The molecule has 0 aliphatic carbocycles. The molecule has 1 fully saturated rings. The first-order valence-electron chi connectivity index (χ1n) is 6.64. The quantitative estimate of drug-likeness (QED) is 0.492. The van der Waals surface area contributed by atoms with E-state index in [1.165, 1.54) is 0 Å². The minimum atomic E-state index is -4.73. The lowest BCUT2D eigenvalue weighted by atomic mass is 10.1. The minimum absolute atomic E-state index is 0.120. The fourth-order valence-electron chi connectivity index (χ4n) is 1.96. The molecule has 1 aromatic rings. The van der Waals surface area contributed by atoms with E-state index in [9.17, 15) is 32.9 Å². The van der Waals surface area contributed by atoms with Crippen molar-refractivity contribution in [3.8, 4) is 0 Å². The van der Waals surface area contributed by atoms with E-state index in [1.54, 1.807) is 0 Å². The summed E-state index contributed by atoms with van der Waals surface area (Å²) < 4.78 is 47.1. The van der Waals surface area contributed by atoms with Crippen LogP contribution in [0, 0.1) is 10.1 Å². The van der Waals surface area contributed by atoms with Gasteiger partial charge in [-0.3, -0.25) is 14.9 Å². The number of nitrogens with zero attached hydrogens (tertiary/aromatic N) is 1. The SMILES string of the molecule is O=C(CNc1ccc(C(F)(F)F)cc1[N+](=O)[O-])O[C@H]1CCOC1=O. The second-order valence-corrected chi connectivity index (χ2v) is 4.78. The Morgan fingerprint density at radius 3 is 2.71 bits per heavy atom. The zero-order chi connectivity index (χ0) is 17.9. The Morgan fingerprint density at radius 1 is 1.46 bits per heavy atom. The monoisotopic (exact) mass is 348 g/mol. The van der Waals surface area contributed by atoms with Gasteiger partial charge in [0.05, 0.1) is 17.1 Å². The van der Waals surface area contributed by atoms with Crippen molar-refractivity contribution in [1.29, 1.82) is 0 Å². The molecule has 0 aromatic heterocycles. The summed E-state index contributed by atoms with van der Waals surface area (Å²) in [6, 6.07) is 1.86. The Morgan fingerprint density at radius 2 is 2.17 bits per heavy atom. The Kier molecular flexibility index (Phi) is 4.90. The molecule has 0 saturated carbocycles. The maximum atomic E-state index is 12.6. The van der Waals surface area contributed by atoms with E-state index in [-0.39, 0.29) is 18.7 Å². The number of carbonyl (C=O) groups is 2. The molecule has 0 bridgehead atoms. The highest BCUT2D eigenvalue weighted by atomic mass is 19.4. The molecule has 1 heterocycles. The average molecular weight is 348 g/mol. The molecule has 8 nitrogen and oxygen atoms in total. The van der Waals surface area contributed by atoms with Gasteiger partial charge in [0.15, 0.2) is 0 Å². The number of rotatable bonds is 5. The first-order chi connectivity index (χ1) is 11.2. The van der Waals surface area contributed by atoms with Crippen LogP contribution in [0.3, 0.4) is 0 Å². The van der Waals surface area contributed by atoms with Gasteiger partial charge in [-0.25, -0.2) is 4.79 Å². The number of nitro benzene ring substituents is 1. The third-order valence-corrected chi connectivity index (χ3v) is 3.11. The van der Waals surface area contributed by atoms with Crippen LogP contribution in [0.15, 0.2) is 18.2 Å². The van der Waals surface area contributed by atoms with Crippen molar-refractivity contribution >= 4 is 23.3 Å². The van der Waals surface area contributed by atoms with Gasteiger partial charge in [-0.05, 0) is 12.1 Å². The molecular weight excluding hydrogens is 337 g/mol. The fourth-order valence-corrected chi connectivity index (χ4v) is 1.96. The third-order valence-electron chi connectivity index (χ3n) is 3.11. The lowest BCUT2D eigenvalue weighted by molar-refractivity contribution is -0.384. The number of cyclic esters (lactones) is 1. The molecular formula is C13H11F3N2O6. The maximum Gasteiger partial charge on any atom is 0.416 e. The normalized spacial score (nSPS) is 17.3. The second-order valence-electron chi connectivity index (χ2n) is 4.78. The number of nitrogens with one attached hydrogen (secondary N) is 1. The molecule has 1 aromatic carbocycles. The summed E-state index contributed by atoms with van der Waals surface area (Å²) in [5.41, 5.74) is -2.30. The number of esters is 2. The van der Waals surface area contributed by atoms with Crippen molar-refractivity contribution in [2.75, 3.05) is 18.5 Å². The van der Waals surface area contributed by atoms with Crippen LogP contribution < -0.4 is 5.32 Å². The Labute approximate surface area is 132 Å². The Balaban J connectivity index is 2.05. The molecule has 130 valence electrons. The lowest BCUT2D eigenvalue weighted by Crippen LogP contribution is -2.27. The summed E-state index contributed by atoms with van der Waals surface area (Å²) >= 11 is 0. The molecule has 0 unspecified atom stereocenters. The van der Waals surface area contributed by atoms with Crippen molar-refractivity contribution in [1.82, 2.24) is 0 Å². The molecule has 0 amide bonds. The van der Waals surface area contributed by atoms with Gasteiger partial charge in [0.1, 0.15) is 12.2 Å². The molecule has 1 N–H and O–H groups in total. The zero-order valence-corrected chi connectivity index (χ0v) is 12.0. The highest BCUT2D eigenvalue weighted by Crippen LogP contribution is 2.34. The van der Waals surface area contributed by atoms with Gasteiger partial charge in [-0.15, -0.1) is 0 Å². The highest BCUT2D eigenvalue weighted by molar-refractivity contribution is 5.82. The van der Waals surface area contributed by atoms with Crippen molar-refractivity contribution < 1.29 is 37.2 Å². The first-order valence-corrected chi connectivity index (χ1v) is 6.64. The molecule has 0 spiro atoms. The summed E-state index contributed by atoms with van der Waals surface area (Å²) in [7, 11) is 0. The van der Waals surface area contributed by atoms with E-state index in [1.807, 2.05) is 0 Å². The van der Waals surface area contributed by atoms with Crippen LogP contribution in [0.25, 0.3) is 0 Å². The van der Waals surface area contributed by atoms with E-state index in [2.05, 4.69) is 10.1 Å². The number of anilines is 1. The smallest absolute Gasteiger partial charge is 0.416 e. The lowest BCUT2D eigenvalue weighted by Gasteiger charge is -2.11. The van der Waals surface area contributed by atoms with Gasteiger partial charge in [0.25, 0.3) is 5.69 Å². The number of halogens is 3. The number of hydrogen-bond acceptors (Lipinski definition) is 7. The van der Waals surface area contributed by atoms with Crippen LogP contribution in [-0.4, -0.2) is 36.1 Å². The molecule has 2 rings (SSSR count). The number of carbonyl (C=O) groups excluding carboxylic acids is 2. The topological polar surface area (TPSA) is 108 Å². The molecule has 1 saturated heterocycles. The number of ether oxygens (including phenoxy) is 2. The molecule has 11 heteroatoms. The van der Waals surface area contributed by atoms with Crippen molar-refractivity contribution in [3.05, 3.63) is 33.9 Å². The van der Waals surface area contributed by atoms with Crippen LogP contribution in [0.5, 0.6) is 0 Å². The number of nitro groups is 1. The number of alkyl halides is 3. The molecule has 24 heavy (non-hydrogen) atoms. The average Bonchev–Trinajstić information content (AvgIpc) is 2.89. The van der Waals surface area contributed by atoms with E-state index >= 15 is 0 Å². The Bertz CT molecular complexity index is 676. The van der Waals surface area contributed by atoms with E-state index in [0.29, 0.717) is 12.1 Å². The van der Waals surface area contributed by atoms with Gasteiger partial charge in [0, 0.05) is 12.5 Å². The molecule has 1 aliphatic rings. The minimum Gasteiger partial charge on any atom is -0.463 e.